The molecule has 0 saturated heterocycles. The van der Waals surface area contributed by atoms with Crippen molar-refractivity contribution in [2.45, 2.75) is 12.2 Å². The van der Waals surface area contributed by atoms with E-state index in [0.29, 0.717) is 0 Å². The van der Waals surface area contributed by atoms with Gasteiger partial charge in [-0.15, -0.1) is 0 Å². The van der Waals surface area contributed by atoms with Crippen molar-refractivity contribution >= 4 is 18.5 Å². The monoisotopic (exact) mass is 148 g/mol. The van der Waals surface area contributed by atoms with Crippen LogP contribution in [-0.4, -0.2) is 30.3 Å². The molecule has 54 valence electrons. The Bertz CT molecular complexity index is 103. The maximum absolute atomic E-state index is 10.7. The lowest BCUT2D eigenvalue weighted by molar-refractivity contribution is -0.123. The van der Waals surface area contributed by atoms with Crippen LogP contribution in [0.5, 0.6) is 0 Å². The Morgan fingerprint density at radius 3 is 2.22 bits per heavy atom. The van der Waals surface area contributed by atoms with E-state index in [1.165, 1.54) is 0 Å². The lowest BCUT2D eigenvalue weighted by Crippen LogP contribution is -2.39. The molecule has 0 saturated carbocycles. The second-order valence-corrected chi connectivity index (χ2v) is 2.82. The molecule has 0 bridgehead atoms. The van der Waals surface area contributed by atoms with Crippen LogP contribution in [0, 0.1) is 0 Å². The van der Waals surface area contributed by atoms with Gasteiger partial charge in [0.25, 0.3) is 0 Å². The van der Waals surface area contributed by atoms with Gasteiger partial charge in [0.1, 0.15) is 0 Å². The first kappa shape index (κ1) is 8.78. The molecule has 0 aliphatic carbocycles. The molecule has 1 unspecified atom stereocenters. The zero-order valence-corrected chi connectivity index (χ0v) is 6.77. The largest absolute Gasteiger partial charge is 0.288 e. The molecule has 1 amide bonds. The number of hydrogen-bond donors (Lipinski definition) is 2. The van der Waals surface area contributed by atoms with Crippen molar-refractivity contribution in [3.8, 4) is 0 Å². The molecule has 0 fully saturated rings. The number of carbonyl (C=O) groups is 1. The lowest BCUT2D eigenvalue weighted by Gasteiger charge is -2.12. The van der Waals surface area contributed by atoms with Crippen LogP contribution in [0.1, 0.15) is 6.92 Å². The molecule has 0 aliphatic rings. The predicted molar refractivity (Wildman–Crippen MR) is 40.3 cm³/mol. The van der Waals surface area contributed by atoms with Crippen molar-refractivity contribution in [2.24, 2.45) is 0 Å². The van der Waals surface area contributed by atoms with Gasteiger partial charge in [0.2, 0.25) is 5.91 Å². The first-order valence-corrected chi connectivity index (χ1v) is 3.21. The van der Waals surface area contributed by atoms with Gasteiger partial charge in [0.15, 0.2) is 0 Å². The minimum Gasteiger partial charge on any atom is -0.288 e. The minimum atomic E-state index is -0.243. The molecule has 0 aliphatic heterocycles. The number of carbonyl (C=O) groups excluding carboxylic acids is 1. The van der Waals surface area contributed by atoms with Crippen LogP contribution in [-0.2, 0) is 4.79 Å². The van der Waals surface area contributed by atoms with Crippen LogP contribution in [0.15, 0.2) is 0 Å². The van der Waals surface area contributed by atoms with E-state index in [1.54, 1.807) is 26.0 Å². The summed E-state index contributed by atoms with van der Waals surface area (Å²) in [5.41, 5.74) is 2.56. The highest BCUT2D eigenvalue weighted by molar-refractivity contribution is 7.81. The van der Waals surface area contributed by atoms with E-state index in [4.69, 9.17) is 0 Å². The first-order chi connectivity index (χ1) is 4.04. The summed E-state index contributed by atoms with van der Waals surface area (Å²) < 4.78 is 0. The molecule has 0 aromatic rings. The summed E-state index contributed by atoms with van der Waals surface area (Å²) in [6, 6.07) is 0. The maximum atomic E-state index is 10.7. The van der Waals surface area contributed by atoms with Crippen molar-refractivity contribution in [1.29, 1.82) is 0 Å². The Balaban J connectivity index is 3.51. The number of amides is 1. The van der Waals surface area contributed by atoms with Crippen molar-refractivity contribution in [3.63, 3.8) is 0 Å². The summed E-state index contributed by atoms with van der Waals surface area (Å²) in [6.45, 7) is 1.72. The van der Waals surface area contributed by atoms with Crippen LogP contribution in [0.4, 0.5) is 0 Å². The molecule has 9 heavy (non-hydrogen) atoms. The van der Waals surface area contributed by atoms with Gasteiger partial charge in [0.05, 0.1) is 5.25 Å². The highest BCUT2D eigenvalue weighted by Crippen LogP contribution is 1.90. The summed E-state index contributed by atoms with van der Waals surface area (Å²) in [7, 11) is 3.52. The number of rotatable bonds is 2. The number of nitrogens with zero attached hydrogens (tertiary/aromatic N) is 1. The van der Waals surface area contributed by atoms with Gasteiger partial charge >= 0.3 is 0 Å². The number of thiol groups is 1. The summed E-state index contributed by atoms with van der Waals surface area (Å²) in [4.78, 5) is 10.7. The van der Waals surface area contributed by atoms with Gasteiger partial charge in [-0.2, -0.15) is 12.6 Å². The van der Waals surface area contributed by atoms with Crippen molar-refractivity contribution in [2.75, 3.05) is 14.1 Å². The Morgan fingerprint density at radius 1 is 1.67 bits per heavy atom. The van der Waals surface area contributed by atoms with E-state index in [2.05, 4.69) is 18.1 Å². The van der Waals surface area contributed by atoms with Gasteiger partial charge in [-0.1, -0.05) is 0 Å². The third-order valence-electron chi connectivity index (χ3n) is 0.713. The van der Waals surface area contributed by atoms with Gasteiger partial charge in [-0.25, -0.2) is 5.01 Å². The second-order valence-electron chi connectivity index (χ2n) is 2.05. The number of nitrogens with one attached hydrogen (secondary N) is 1. The molecule has 0 aromatic carbocycles. The summed E-state index contributed by atoms with van der Waals surface area (Å²) in [5.74, 6) is -0.0802. The molecule has 0 rings (SSSR count). The minimum absolute atomic E-state index is 0.0802. The summed E-state index contributed by atoms with van der Waals surface area (Å²) >= 11 is 3.93. The van der Waals surface area contributed by atoms with E-state index in [-0.39, 0.29) is 11.2 Å². The highest BCUT2D eigenvalue weighted by atomic mass is 32.1. The second kappa shape index (κ2) is 3.74. The highest BCUT2D eigenvalue weighted by Gasteiger charge is 2.06. The quantitative estimate of drug-likeness (QED) is 0.423. The summed E-state index contributed by atoms with van der Waals surface area (Å²) in [6.07, 6.45) is 0. The van der Waals surface area contributed by atoms with Crippen LogP contribution in [0.2, 0.25) is 0 Å². The normalized spacial score (nSPS) is 13.4. The van der Waals surface area contributed by atoms with Gasteiger partial charge in [0, 0.05) is 14.1 Å². The van der Waals surface area contributed by atoms with E-state index in [0.717, 1.165) is 0 Å². The van der Waals surface area contributed by atoms with Gasteiger partial charge < -0.3 is 0 Å². The molecular formula is C5H12N2OS. The Hall–Kier alpha value is -0.220. The van der Waals surface area contributed by atoms with Crippen LogP contribution < -0.4 is 5.43 Å². The first-order valence-electron chi connectivity index (χ1n) is 2.70. The molecule has 0 radical (unpaired) electrons. The van der Waals surface area contributed by atoms with E-state index in [1.807, 2.05) is 0 Å². The van der Waals surface area contributed by atoms with Crippen molar-refractivity contribution in [3.05, 3.63) is 0 Å². The van der Waals surface area contributed by atoms with E-state index >= 15 is 0 Å². The zero-order valence-electron chi connectivity index (χ0n) is 5.88. The molecule has 0 spiro atoms. The summed E-state index contributed by atoms with van der Waals surface area (Å²) in [5, 5.41) is 1.35. The zero-order chi connectivity index (χ0) is 7.44. The van der Waals surface area contributed by atoms with Crippen molar-refractivity contribution < 1.29 is 4.79 Å². The molecule has 4 heteroatoms. The standard InChI is InChI=1S/C5H12N2OS/c1-4(9)5(8)6-7(2)3/h4,9H,1-3H3,(H,6,8). The number of hydrogen-bond acceptors (Lipinski definition) is 3. The fourth-order valence-electron chi connectivity index (χ4n) is 0.314. The topological polar surface area (TPSA) is 32.3 Å². The van der Waals surface area contributed by atoms with Crippen LogP contribution in [0.25, 0.3) is 0 Å². The average Bonchev–Trinajstić information content (AvgIpc) is 1.63. The molecule has 1 N–H and O–H groups in total. The fraction of sp³-hybridized carbons (Fsp3) is 0.800. The smallest absolute Gasteiger partial charge is 0.246 e. The fourth-order valence-corrected chi connectivity index (χ4v) is 0.372. The molecule has 3 nitrogen and oxygen atoms in total. The van der Waals surface area contributed by atoms with Gasteiger partial charge in [-0.05, 0) is 6.92 Å². The lowest BCUT2D eigenvalue weighted by atomic mass is 10.5. The maximum Gasteiger partial charge on any atom is 0.246 e. The third kappa shape index (κ3) is 4.29. The van der Waals surface area contributed by atoms with Crippen molar-refractivity contribution in [1.82, 2.24) is 10.4 Å². The van der Waals surface area contributed by atoms with E-state index in [9.17, 15) is 4.79 Å². The predicted octanol–water partition coefficient (Wildman–Crippen LogP) is -0.103. The van der Waals surface area contributed by atoms with Gasteiger partial charge in [-0.3, -0.25) is 10.2 Å². The third-order valence-corrected chi connectivity index (χ3v) is 0.948. The molecule has 1 atom stereocenters. The van der Waals surface area contributed by atoms with E-state index < -0.39 is 0 Å². The average molecular weight is 148 g/mol. The van der Waals surface area contributed by atoms with Crippen LogP contribution >= 0.6 is 12.6 Å². The number of hydrazine groups is 1. The SMILES string of the molecule is CC(S)C(=O)NN(C)C. The molecular weight excluding hydrogens is 136 g/mol. The molecule has 0 heterocycles. The Morgan fingerprint density at radius 2 is 2.11 bits per heavy atom. The van der Waals surface area contributed by atoms with Crippen LogP contribution in [0.3, 0.4) is 0 Å². The Kier molecular flexibility index (Phi) is 3.65. The molecule has 0 aromatic heterocycles. The Labute approximate surface area is 60.8 Å².